The highest BCUT2D eigenvalue weighted by Crippen LogP contribution is 1.84. The van der Waals surface area contributed by atoms with Crippen LogP contribution in [0, 0.1) is 0 Å². The fourth-order valence-electron chi connectivity index (χ4n) is 0. The Morgan fingerprint density at radius 2 is 1.50 bits per heavy atom. The molecule has 1 aliphatic rings. The Hall–Kier alpha value is -0.0800. The third-order valence-corrected chi connectivity index (χ3v) is 0.204. The Morgan fingerprint density at radius 3 is 1.50 bits per heavy atom. The molecule has 0 unspecified atom stereocenters. The van der Waals surface area contributed by atoms with E-state index in [-0.39, 0.29) is 0 Å². The summed E-state index contributed by atoms with van der Waals surface area (Å²) in [5, 5.41) is 2.75. The SMILES string of the molecule is C1CO1.CNC. The van der Waals surface area contributed by atoms with Gasteiger partial charge in [0.05, 0.1) is 13.2 Å². The van der Waals surface area contributed by atoms with Gasteiger partial charge in [0.1, 0.15) is 0 Å². The molecule has 0 saturated carbocycles. The van der Waals surface area contributed by atoms with Gasteiger partial charge in [-0.25, -0.2) is 0 Å². The van der Waals surface area contributed by atoms with Crippen molar-refractivity contribution in [1.82, 2.24) is 5.32 Å². The Kier molecular flexibility index (Phi) is 4.85. The van der Waals surface area contributed by atoms with Crippen LogP contribution in [0.4, 0.5) is 0 Å². The van der Waals surface area contributed by atoms with Gasteiger partial charge < -0.3 is 10.1 Å². The van der Waals surface area contributed by atoms with E-state index >= 15 is 0 Å². The maximum absolute atomic E-state index is 4.50. The number of hydrogen-bond donors (Lipinski definition) is 1. The van der Waals surface area contributed by atoms with Crippen molar-refractivity contribution in [2.75, 3.05) is 27.3 Å². The number of hydrogen-bond acceptors (Lipinski definition) is 2. The number of epoxide rings is 1. The molecule has 0 bridgehead atoms. The molecule has 0 spiro atoms. The van der Waals surface area contributed by atoms with Crippen LogP contribution in [0.25, 0.3) is 0 Å². The van der Waals surface area contributed by atoms with Gasteiger partial charge in [0.25, 0.3) is 0 Å². The maximum atomic E-state index is 4.50. The zero-order valence-corrected chi connectivity index (χ0v) is 4.32. The second kappa shape index (κ2) is 4.92. The van der Waals surface area contributed by atoms with Gasteiger partial charge in [-0.2, -0.15) is 0 Å². The highest BCUT2D eigenvalue weighted by atomic mass is 16.6. The van der Waals surface area contributed by atoms with Gasteiger partial charge in [0, 0.05) is 0 Å². The van der Waals surface area contributed by atoms with Gasteiger partial charge in [-0.15, -0.1) is 0 Å². The highest BCUT2D eigenvalue weighted by Gasteiger charge is 1.94. The summed E-state index contributed by atoms with van der Waals surface area (Å²) in [7, 11) is 3.75. The lowest BCUT2D eigenvalue weighted by Gasteiger charge is -1.59. The summed E-state index contributed by atoms with van der Waals surface area (Å²) in [6.07, 6.45) is 0. The zero-order valence-electron chi connectivity index (χ0n) is 4.32. The fraction of sp³-hybridized carbons (Fsp3) is 1.00. The van der Waals surface area contributed by atoms with E-state index in [0.717, 1.165) is 13.2 Å². The molecule has 0 aliphatic carbocycles. The Morgan fingerprint density at radius 1 is 1.33 bits per heavy atom. The predicted octanol–water partition coefficient (Wildman–Crippen LogP) is -0.148. The fourth-order valence-corrected chi connectivity index (χ4v) is 0. The molecular formula is C4H11NO. The first-order chi connectivity index (χ1) is 2.91. The first-order valence-electron chi connectivity index (χ1n) is 2.08. The van der Waals surface area contributed by atoms with Gasteiger partial charge in [0.2, 0.25) is 0 Å². The Bertz CT molecular complexity index is 18.8. The summed E-state index contributed by atoms with van der Waals surface area (Å²) in [5.74, 6) is 0. The number of ether oxygens (including phenoxy) is 1. The molecule has 1 heterocycles. The van der Waals surface area contributed by atoms with E-state index in [9.17, 15) is 0 Å². The van der Waals surface area contributed by atoms with Crippen molar-refractivity contribution in [3.63, 3.8) is 0 Å². The van der Waals surface area contributed by atoms with Crippen molar-refractivity contribution in [2.45, 2.75) is 0 Å². The molecule has 2 nitrogen and oxygen atoms in total. The summed E-state index contributed by atoms with van der Waals surface area (Å²) < 4.78 is 4.50. The predicted molar refractivity (Wildman–Crippen MR) is 25.8 cm³/mol. The van der Waals surface area contributed by atoms with Gasteiger partial charge in [-0.3, -0.25) is 0 Å². The lowest BCUT2D eigenvalue weighted by atomic mass is 11.0. The molecular weight excluding hydrogens is 78.0 g/mol. The molecule has 0 atom stereocenters. The van der Waals surface area contributed by atoms with E-state index in [4.69, 9.17) is 0 Å². The first-order valence-corrected chi connectivity index (χ1v) is 2.08. The molecule has 0 aromatic rings. The lowest BCUT2D eigenvalue weighted by Crippen LogP contribution is -1.89. The molecule has 1 aliphatic heterocycles. The first kappa shape index (κ1) is 5.92. The van der Waals surface area contributed by atoms with E-state index in [1.54, 1.807) is 0 Å². The van der Waals surface area contributed by atoms with Crippen LogP contribution in [0.3, 0.4) is 0 Å². The molecule has 0 amide bonds. The average molecular weight is 89.1 g/mol. The molecule has 0 aromatic carbocycles. The lowest BCUT2D eigenvalue weighted by molar-refractivity contribution is 0.475. The van der Waals surface area contributed by atoms with Gasteiger partial charge in [0.15, 0.2) is 0 Å². The van der Waals surface area contributed by atoms with Crippen LogP contribution in [0.5, 0.6) is 0 Å². The molecule has 1 N–H and O–H groups in total. The van der Waals surface area contributed by atoms with E-state index in [1.807, 2.05) is 14.1 Å². The molecule has 1 rings (SSSR count). The van der Waals surface area contributed by atoms with Crippen LogP contribution in [-0.4, -0.2) is 27.3 Å². The normalized spacial score (nSPS) is 15.0. The molecule has 6 heavy (non-hydrogen) atoms. The number of nitrogens with one attached hydrogen (secondary N) is 1. The summed E-state index contributed by atoms with van der Waals surface area (Å²) in [5.41, 5.74) is 0. The van der Waals surface area contributed by atoms with Crippen LogP contribution in [0.1, 0.15) is 0 Å². The van der Waals surface area contributed by atoms with Crippen molar-refractivity contribution in [3.8, 4) is 0 Å². The van der Waals surface area contributed by atoms with Crippen LogP contribution in [-0.2, 0) is 4.74 Å². The minimum atomic E-state index is 1.00. The minimum absolute atomic E-state index is 1.00. The van der Waals surface area contributed by atoms with Gasteiger partial charge >= 0.3 is 0 Å². The number of rotatable bonds is 0. The van der Waals surface area contributed by atoms with Crippen molar-refractivity contribution in [3.05, 3.63) is 0 Å². The van der Waals surface area contributed by atoms with Crippen molar-refractivity contribution in [2.24, 2.45) is 0 Å². The van der Waals surface area contributed by atoms with Crippen LogP contribution in [0.15, 0.2) is 0 Å². The molecule has 1 saturated heterocycles. The van der Waals surface area contributed by atoms with Crippen molar-refractivity contribution < 1.29 is 4.74 Å². The minimum Gasteiger partial charge on any atom is -0.377 e. The van der Waals surface area contributed by atoms with Crippen LogP contribution < -0.4 is 5.32 Å². The zero-order chi connectivity index (χ0) is 4.83. The molecule has 2 heteroatoms. The van der Waals surface area contributed by atoms with E-state index in [2.05, 4.69) is 10.1 Å². The van der Waals surface area contributed by atoms with E-state index in [0.29, 0.717) is 0 Å². The molecule has 0 radical (unpaired) electrons. The summed E-state index contributed by atoms with van der Waals surface area (Å²) in [4.78, 5) is 0. The van der Waals surface area contributed by atoms with Crippen LogP contribution in [0.2, 0.25) is 0 Å². The standard InChI is InChI=1S/C2H7N.C2H4O/c1-3-2;1-2-3-1/h3H,1-2H3;1-2H2. The summed E-state index contributed by atoms with van der Waals surface area (Å²) in [6, 6.07) is 0. The average Bonchev–Trinajstić information content (AvgIpc) is 2.11. The van der Waals surface area contributed by atoms with E-state index in [1.165, 1.54) is 0 Å². The maximum Gasteiger partial charge on any atom is 0.0701 e. The molecule has 1 fully saturated rings. The second-order valence-corrected chi connectivity index (χ2v) is 1.11. The third kappa shape index (κ3) is 39.5. The van der Waals surface area contributed by atoms with Gasteiger partial charge in [-0.1, -0.05) is 0 Å². The second-order valence-electron chi connectivity index (χ2n) is 1.11. The molecule has 0 aromatic heterocycles. The highest BCUT2D eigenvalue weighted by molar-refractivity contribution is 4.36. The monoisotopic (exact) mass is 89.1 g/mol. The largest absolute Gasteiger partial charge is 0.377 e. The molecule has 38 valence electrons. The third-order valence-electron chi connectivity index (χ3n) is 0.204. The Labute approximate surface area is 38.5 Å². The van der Waals surface area contributed by atoms with Crippen molar-refractivity contribution >= 4 is 0 Å². The smallest absolute Gasteiger partial charge is 0.0701 e. The van der Waals surface area contributed by atoms with E-state index < -0.39 is 0 Å². The van der Waals surface area contributed by atoms with Crippen molar-refractivity contribution in [1.29, 1.82) is 0 Å². The summed E-state index contributed by atoms with van der Waals surface area (Å²) >= 11 is 0. The van der Waals surface area contributed by atoms with Gasteiger partial charge in [-0.05, 0) is 14.1 Å². The van der Waals surface area contributed by atoms with Crippen LogP contribution >= 0.6 is 0 Å². The summed E-state index contributed by atoms with van der Waals surface area (Å²) in [6.45, 7) is 2.00. The Balaban J connectivity index is 0.0000000833. The quantitative estimate of drug-likeness (QED) is 0.417. The topological polar surface area (TPSA) is 24.6 Å².